The molecule has 0 aromatic rings. The van der Waals surface area contributed by atoms with Crippen LogP contribution in [0.15, 0.2) is 0 Å². The maximum absolute atomic E-state index is 2.74. The molecular weight excluding hydrogens is 316 g/mol. The third-order valence-electron chi connectivity index (χ3n) is 9.67. The lowest BCUT2D eigenvalue weighted by Gasteiger charge is -2.60. The van der Waals surface area contributed by atoms with E-state index in [0.29, 0.717) is 0 Å². The van der Waals surface area contributed by atoms with E-state index in [0.717, 1.165) is 26.2 Å². The largest absolute Gasteiger partial charge is 0.295 e. The van der Waals surface area contributed by atoms with Gasteiger partial charge in [0.2, 0.25) is 0 Å². The zero-order valence-corrected chi connectivity index (χ0v) is 20.7. The maximum Gasteiger partial charge on any atom is 0.0210 e. The van der Waals surface area contributed by atoms with Crippen molar-refractivity contribution in [3.05, 3.63) is 0 Å². The van der Waals surface area contributed by atoms with Crippen molar-refractivity contribution in [2.75, 3.05) is 26.2 Å². The first-order chi connectivity index (χ1) is 11.2. The molecule has 0 spiro atoms. The first-order valence-corrected chi connectivity index (χ1v) is 10.7. The minimum absolute atomic E-state index is 0.182. The Morgan fingerprint density at radius 1 is 0.385 bits per heavy atom. The normalized spacial score (nSPS) is 20.5. The molecule has 1 aliphatic rings. The number of rotatable bonds is 4. The van der Waals surface area contributed by atoms with Crippen molar-refractivity contribution in [3.63, 3.8) is 0 Å². The fraction of sp³-hybridized carbons (Fsp3) is 1.00. The van der Waals surface area contributed by atoms with Gasteiger partial charge in [-0.25, -0.2) is 0 Å². The van der Waals surface area contributed by atoms with E-state index < -0.39 is 0 Å². The molecule has 1 saturated heterocycles. The molecule has 1 fully saturated rings. The molecule has 156 valence electrons. The summed E-state index contributed by atoms with van der Waals surface area (Å²) < 4.78 is 0. The Morgan fingerprint density at radius 2 is 0.577 bits per heavy atom. The molecule has 0 aromatic heterocycles. The Balaban J connectivity index is 2.97. The molecule has 0 aliphatic carbocycles. The smallest absolute Gasteiger partial charge is 0.0210 e. The molecule has 1 heterocycles. The third-order valence-corrected chi connectivity index (χ3v) is 9.67. The second kappa shape index (κ2) is 6.76. The zero-order chi connectivity index (χ0) is 21.0. The molecule has 0 atom stereocenters. The summed E-state index contributed by atoms with van der Waals surface area (Å²) in [6, 6.07) is 0. The van der Waals surface area contributed by atoms with Crippen LogP contribution in [0.4, 0.5) is 0 Å². The fourth-order valence-corrected chi connectivity index (χ4v) is 4.45. The van der Waals surface area contributed by atoms with Crippen molar-refractivity contribution in [1.82, 2.24) is 9.80 Å². The van der Waals surface area contributed by atoms with Crippen molar-refractivity contribution in [2.24, 2.45) is 21.7 Å². The Bertz CT molecular complexity index is 429. The van der Waals surface area contributed by atoms with Crippen LogP contribution in [0.5, 0.6) is 0 Å². The van der Waals surface area contributed by atoms with E-state index in [1.807, 2.05) is 0 Å². The van der Waals surface area contributed by atoms with Gasteiger partial charge < -0.3 is 0 Å². The van der Waals surface area contributed by atoms with Gasteiger partial charge in [0.1, 0.15) is 0 Å². The highest BCUT2D eigenvalue weighted by atomic mass is 15.3. The molecular formula is C24H50N2. The van der Waals surface area contributed by atoms with Crippen LogP contribution in [0.25, 0.3) is 0 Å². The second-order valence-electron chi connectivity index (χ2n) is 12.8. The molecule has 0 aromatic carbocycles. The Morgan fingerprint density at radius 3 is 0.731 bits per heavy atom. The quantitative estimate of drug-likeness (QED) is 0.575. The lowest BCUT2D eigenvalue weighted by atomic mass is 9.58. The first-order valence-electron chi connectivity index (χ1n) is 10.7. The van der Waals surface area contributed by atoms with Crippen molar-refractivity contribution in [3.8, 4) is 0 Å². The highest BCUT2D eigenvalue weighted by molar-refractivity contribution is 5.05. The summed E-state index contributed by atoms with van der Waals surface area (Å²) in [6.07, 6.45) is 0. The van der Waals surface area contributed by atoms with Crippen LogP contribution >= 0.6 is 0 Å². The molecule has 0 bridgehead atoms. The molecule has 26 heavy (non-hydrogen) atoms. The number of nitrogens with zero attached hydrogens (tertiary/aromatic N) is 2. The molecule has 0 N–H and O–H groups in total. The van der Waals surface area contributed by atoms with Crippen LogP contribution in [0, 0.1) is 21.7 Å². The number of piperazine rings is 1. The molecule has 0 amide bonds. The van der Waals surface area contributed by atoms with E-state index in [2.05, 4.69) is 107 Å². The standard InChI is InChI=1S/C24H50N2/c1-19(2,3)21(7,8)23(11,12)25-15-17-26(18-16-25)24(13,14)22(9,10)20(4,5)6/h15-18H2,1-14H3. The minimum Gasteiger partial charge on any atom is -0.295 e. The third kappa shape index (κ3) is 3.75. The van der Waals surface area contributed by atoms with Crippen LogP contribution in [0.3, 0.4) is 0 Å². The summed E-state index contributed by atoms with van der Waals surface area (Å²) in [6.45, 7) is 38.6. The molecule has 2 nitrogen and oxygen atoms in total. The summed E-state index contributed by atoms with van der Waals surface area (Å²) in [7, 11) is 0. The molecule has 2 heteroatoms. The lowest BCUT2D eigenvalue weighted by molar-refractivity contribution is -0.110. The summed E-state index contributed by atoms with van der Waals surface area (Å²) in [5, 5.41) is 0. The van der Waals surface area contributed by atoms with E-state index in [4.69, 9.17) is 0 Å². The molecule has 1 aliphatic heterocycles. The zero-order valence-electron chi connectivity index (χ0n) is 20.7. The van der Waals surface area contributed by atoms with E-state index in [1.165, 1.54) is 0 Å². The van der Waals surface area contributed by atoms with Gasteiger partial charge in [0.15, 0.2) is 0 Å². The Labute approximate surface area is 166 Å². The summed E-state index contributed by atoms with van der Waals surface area (Å²) >= 11 is 0. The number of hydrogen-bond donors (Lipinski definition) is 0. The fourth-order valence-electron chi connectivity index (χ4n) is 4.45. The predicted molar refractivity (Wildman–Crippen MR) is 118 cm³/mol. The molecule has 1 rings (SSSR count). The second-order valence-corrected chi connectivity index (χ2v) is 12.8. The van der Waals surface area contributed by atoms with Crippen LogP contribution in [-0.4, -0.2) is 47.1 Å². The summed E-state index contributed by atoms with van der Waals surface area (Å²) in [5.41, 5.74) is 1.40. The van der Waals surface area contributed by atoms with E-state index in [9.17, 15) is 0 Å². The maximum atomic E-state index is 2.74. The Hall–Kier alpha value is -0.0800. The van der Waals surface area contributed by atoms with Gasteiger partial charge in [-0.2, -0.15) is 0 Å². The van der Waals surface area contributed by atoms with Crippen molar-refractivity contribution in [1.29, 1.82) is 0 Å². The van der Waals surface area contributed by atoms with Gasteiger partial charge in [-0.15, -0.1) is 0 Å². The number of hydrogen-bond acceptors (Lipinski definition) is 2. The van der Waals surface area contributed by atoms with Crippen molar-refractivity contribution in [2.45, 2.75) is 108 Å². The minimum atomic E-state index is 0.182. The summed E-state index contributed by atoms with van der Waals surface area (Å²) in [5.74, 6) is 0. The first kappa shape index (κ1) is 24.0. The van der Waals surface area contributed by atoms with Gasteiger partial charge in [0.25, 0.3) is 0 Å². The van der Waals surface area contributed by atoms with Gasteiger partial charge in [-0.3, -0.25) is 9.80 Å². The summed E-state index contributed by atoms with van der Waals surface area (Å²) in [4.78, 5) is 5.49. The predicted octanol–water partition coefficient (Wildman–Crippen LogP) is 6.31. The van der Waals surface area contributed by atoms with Gasteiger partial charge in [-0.05, 0) is 49.4 Å². The monoisotopic (exact) mass is 366 g/mol. The van der Waals surface area contributed by atoms with E-state index in [1.54, 1.807) is 0 Å². The van der Waals surface area contributed by atoms with Crippen LogP contribution in [0.1, 0.15) is 96.9 Å². The van der Waals surface area contributed by atoms with Crippen LogP contribution in [-0.2, 0) is 0 Å². The lowest BCUT2D eigenvalue weighted by Crippen LogP contribution is -2.67. The topological polar surface area (TPSA) is 6.48 Å². The van der Waals surface area contributed by atoms with Crippen LogP contribution < -0.4 is 0 Å². The van der Waals surface area contributed by atoms with Crippen LogP contribution in [0.2, 0.25) is 0 Å². The Kier molecular flexibility index (Phi) is 6.23. The van der Waals surface area contributed by atoms with Crippen molar-refractivity contribution < 1.29 is 0 Å². The SMILES string of the molecule is CC(C)(C)C(C)(C)C(C)(C)N1CCN(C(C)(C)C(C)(C)C(C)(C)C)CC1. The average molecular weight is 367 g/mol. The van der Waals surface area contributed by atoms with Crippen molar-refractivity contribution >= 4 is 0 Å². The molecule has 0 unspecified atom stereocenters. The van der Waals surface area contributed by atoms with Gasteiger partial charge in [0.05, 0.1) is 0 Å². The highest BCUT2D eigenvalue weighted by Gasteiger charge is 2.52. The highest BCUT2D eigenvalue weighted by Crippen LogP contribution is 2.51. The van der Waals surface area contributed by atoms with Gasteiger partial charge >= 0.3 is 0 Å². The molecule has 0 saturated carbocycles. The van der Waals surface area contributed by atoms with Gasteiger partial charge in [-0.1, -0.05) is 69.2 Å². The average Bonchev–Trinajstić information content (AvgIpc) is 2.44. The van der Waals surface area contributed by atoms with Gasteiger partial charge in [0, 0.05) is 37.3 Å². The van der Waals surface area contributed by atoms with E-state index >= 15 is 0 Å². The molecule has 0 radical (unpaired) electrons. The van der Waals surface area contributed by atoms with E-state index in [-0.39, 0.29) is 32.7 Å².